The van der Waals surface area contributed by atoms with Gasteiger partial charge in [-0.2, -0.15) is 0 Å². The van der Waals surface area contributed by atoms with Crippen molar-refractivity contribution in [3.8, 4) is 5.75 Å². The summed E-state index contributed by atoms with van der Waals surface area (Å²) in [5, 5.41) is 10.3. The van der Waals surface area contributed by atoms with Crippen LogP contribution < -0.4 is 0 Å². The van der Waals surface area contributed by atoms with Gasteiger partial charge >= 0.3 is 0 Å². The van der Waals surface area contributed by atoms with Crippen molar-refractivity contribution in [2.75, 3.05) is 0 Å². The minimum atomic E-state index is 0.0579. The van der Waals surface area contributed by atoms with Gasteiger partial charge in [-0.15, -0.1) is 0 Å². The minimum Gasteiger partial charge on any atom is -0.508 e. The lowest BCUT2D eigenvalue weighted by Gasteiger charge is -2.54. The molecule has 1 aromatic carbocycles. The number of hydrogen-bond acceptors (Lipinski definition) is 2. The third kappa shape index (κ3) is 2.03. The number of phenols is 1. The molecule has 0 unspecified atom stereocenters. The largest absolute Gasteiger partial charge is 0.508 e. The maximum Gasteiger partial charge on any atom is 0.163 e. The summed E-state index contributed by atoms with van der Waals surface area (Å²) < 4.78 is 0. The Hall–Kier alpha value is -1.31. The van der Waals surface area contributed by atoms with Gasteiger partial charge in [0.05, 0.1) is 0 Å². The van der Waals surface area contributed by atoms with E-state index >= 15 is 0 Å². The average molecular weight is 300 g/mol. The zero-order valence-corrected chi connectivity index (χ0v) is 14.5. The van der Waals surface area contributed by atoms with Crippen molar-refractivity contribution in [2.24, 2.45) is 11.3 Å². The van der Waals surface area contributed by atoms with Gasteiger partial charge in [-0.1, -0.05) is 47.1 Å². The number of carbonyl (C=O) groups is 1. The Kier molecular flexibility index (Phi) is 3.43. The summed E-state index contributed by atoms with van der Waals surface area (Å²) in [6, 6.07) is 3.82. The Morgan fingerprint density at radius 3 is 2.50 bits per heavy atom. The molecular weight excluding hydrogens is 272 g/mol. The van der Waals surface area contributed by atoms with E-state index in [1.54, 1.807) is 6.07 Å². The Morgan fingerprint density at radius 1 is 1.18 bits per heavy atom. The van der Waals surface area contributed by atoms with Crippen LogP contribution in [0.1, 0.15) is 87.7 Å². The molecule has 3 rings (SSSR count). The van der Waals surface area contributed by atoms with Gasteiger partial charge in [-0.3, -0.25) is 4.79 Å². The molecule has 1 aromatic rings. The van der Waals surface area contributed by atoms with Gasteiger partial charge in [0.15, 0.2) is 5.78 Å². The van der Waals surface area contributed by atoms with Gasteiger partial charge in [0, 0.05) is 17.5 Å². The summed E-state index contributed by atoms with van der Waals surface area (Å²) in [5.74, 6) is 1.07. The van der Waals surface area contributed by atoms with Crippen molar-refractivity contribution in [3.05, 3.63) is 28.8 Å². The zero-order chi connectivity index (χ0) is 16.3. The molecule has 2 aliphatic rings. The second-order valence-electron chi connectivity index (χ2n) is 8.52. The topological polar surface area (TPSA) is 37.3 Å². The highest BCUT2D eigenvalue weighted by molar-refractivity contribution is 6.01. The zero-order valence-electron chi connectivity index (χ0n) is 14.5. The minimum absolute atomic E-state index is 0.0579. The van der Waals surface area contributed by atoms with E-state index in [9.17, 15) is 9.90 Å². The van der Waals surface area contributed by atoms with E-state index in [0.717, 1.165) is 17.5 Å². The number of carbonyl (C=O) groups excluding carboxylic acids is 1. The van der Waals surface area contributed by atoms with Crippen LogP contribution in [0.3, 0.4) is 0 Å². The van der Waals surface area contributed by atoms with Gasteiger partial charge in [0.1, 0.15) is 5.75 Å². The van der Waals surface area contributed by atoms with E-state index in [1.807, 2.05) is 6.07 Å². The number of fused-ring (bicyclic) bond motifs is 3. The van der Waals surface area contributed by atoms with Crippen molar-refractivity contribution in [2.45, 2.75) is 71.6 Å². The molecule has 0 bridgehead atoms. The molecule has 1 saturated carbocycles. The third-order valence-electron chi connectivity index (χ3n) is 6.31. The molecule has 1 N–H and O–H groups in total. The van der Waals surface area contributed by atoms with E-state index in [-0.39, 0.29) is 28.3 Å². The fourth-order valence-corrected chi connectivity index (χ4v) is 5.20. The Balaban J connectivity index is 2.26. The highest BCUT2D eigenvalue weighted by Gasteiger charge is 2.52. The molecule has 0 amide bonds. The van der Waals surface area contributed by atoms with Gasteiger partial charge in [-0.25, -0.2) is 0 Å². The summed E-state index contributed by atoms with van der Waals surface area (Å²) in [6.07, 6.45) is 4.18. The smallest absolute Gasteiger partial charge is 0.163 e. The molecule has 0 saturated heterocycles. The monoisotopic (exact) mass is 300 g/mol. The lowest BCUT2D eigenvalue weighted by atomic mass is 9.50. The van der Waals surface area contributed by atoms with Crippen LogP contribution in [0.15, 0.2) is 12.1 Å². The van der Waals surface area contributed by atoms with Gasteiger partial charge < -0.3 is 5.11 Å². The molecule has 22 heavy (non-hydrogen) atoms. The first-order valence-corrected chi connectivity index (χ1v) is 8.58. The van der Waals surface area contributed by atoms with Crippen LogP contribution in [0.2, 0.25) is 0 Å². The fraction of sp³-hybridized carbons (Fsp3) is 0.650. The van der Waals surface area contributed by atoms with Crippen LogP contribution >= 0.6 is 0 Å². The third-order valence-corrected chi connectivity index (χ3v) is 6.31. The molecule has 2 nitrogen and oxygen atoms in total. The predicted octanol–water partition coefficient (Wildman–Crippen LogP) is 5.19. The standard InChI is InChI=1S/C20H28O2/c1-12(2)17-14(21)8-7-13-18(17)15(22)11-16-19(3,4)9-6-10-20(13,16)5/h7-8,12,16,21H,6,9-11H2,1-5H3/t16-,20+/m0/s1. The molecule has 2 aliphatic carbocycles. The van der Waals surface area contributed by atoms with E-state index in [0.29, 0.717) is 12.3 Å². The van der Waals surface area contributed by atoms with Crippen LogP contribution in [0, 0.1) is 11.3 Å². The average Bonchev–Trinajstić information content (AvgIpc) is 2.40. The Bertz CT molecular complexity index is 627. The summed E-state index contributed by atoms with van der Waals surface area (Å²) in [7, 11) is 0. The summed E-state index contributed by atoms with van der Waals surface area (Å²) in [4.78, 5) is 12.9. The number of Topliss-reactive ketones (excluding diaryl/α,β-unsaturated/α-hetero) is 1. The second kappa shape index (κ2) is 4.84. The van der Waals surface area contributed by atoms with Crippen molar-refractivity contribution in [3.63, 3.8) is 0 Å². The van der Waals surface area contributed by atoms with Crippen LogP contribution in [0.5, 0.6) is 5.75 Å². The van der Waals surface area contributed by atoms with Gasteiger partial charge in [0.25, 0.3) is 0 Å². The first kappa shape index (κ1) is 15.6. The number of rotatable bonds is 1. The van der Waals surface area contributed by atoms with Crippen molar-refractivity contribution in [1.82, 2.24) is 0 Å². The number of benzene rings is 1. The number of phenolic OH excluding ortho intramolecular Hbond substituents is 1. The van der Waals surface area contributed by atoms with Crippen molar-refractivity contribution < 1.29 is 9.90 Å². The van der Waals surface area contributed by atoms with Crippen LogP contribution in [0.4, 0.5) is 0 Å². The quantitative estimate of drug-likeness (QED) is 0.775. The SMILES string of the molecule is CC(C)c1c(O)ccc2c1C(=O)C[C@H]1C(C)(C)CCC[C@]21C. The van der Waals surface area contributed by atoms with Gasteiger partial charge in [0.2, 0.25) is 0 Å². The van der Waals surface area contributed by atoms with E-state index in [2.05, 4.69) is 34.6 Å². The first-order chi connectivity index (χ1) is 10.2. The molecule has 0 aliphatic heterocycles. The van der Waals surface area contributed by atoms with E-state index in [4.69, 9.17) is 0 Å². The van der Waals surface area contributed by atoms with E-state index < -0.39 is 0 Å². The lowest BCUT2D eigenvalue weighted by Crippen LogP contribution is -2.49. The lowest BCUT2D eigenvalue weighted by molar-refractivity contribution is 0.0366. The predicted molar refractivity (Wildman–Crippen MR) is 89.6 cm³/mol. The summed E-state index contributed by atoms with van der Waals surface area (Å²) in [6.45, 7) is 11.1. The molecular formula is C20H28O2. The van der Waals surface area contributed by atoms with Crippen LogP contribution in [-0.4, -0.2) is 10.9 Å². The molecule has 2 atom stereocenters. The molecule has 120 valence electrons. The van der Waals surface area contributed by atoms with Crippen LogP contribution in [-0.2, 0) is 5.41 Å². The van der Waals surface area contributed by atoms with Crippen LogP contribution in [0.25, 0.3) is 0 Å². The molecule has 0 spiro atoms. The van der Waals surface area contributed by atoms with Crippen molar-refractivity contribution in [1.29, 1.82) is 0 Å². The maximum atomic E-state index is 12.9. The molecule has 2 heteroatoms. The number of aromatic hydroxyl groups is 1. The van der Waals surface area contributed by atoms with E-state index in [1.165, 1.54) is 18.4 Å². The van der Waals surface area contributed by atoms with Crippen molar-refractivity contribution >= 4 is 5.78 Å². The summed E-state index contributed by atoms with van der Waals surface area (Å²) in [5.41, 5.74) is 3.12. The normalized spacial score (nSPS) is 30.1. The number of ketones is 1. The first-order valence-electron chi connectivity index (χ1n) is 8.58. The summed E-state index contributed by atoms with van der Waals surface area (Å²) >= 11 is 0. The highest BCUT2D eigenvalue weighted by Crippen LogP contribution is 2.58. The highest BCUT2D eigenvalue weighted by atomic mass is 16.3. The molecule has 1 fully saturated rings. The molecule has 0 aromatic heterocycles. The molecule has 0 radical (unpaired) electrons. The maximum absolute atomic E-state index is 12.9. The Labute approximate surface area is 133 Å². The number of hydrogen-bond donors (Lipinski definition) is 1. The Morgan fingerprint density at radius 2 is 1.86 bits per heavy atom. The molecule has 0 heterocycles. The second-order valence-corrected chi connectivity index (χ2v) is 8.52. The van der Waals surface area contributed by atoms with Gasteiger partial charge in [-0.05, 0) is 47.1 Å². The fourth-order valence-electron chi connectivity index (χ4n) is 5.20.